The fraction of sp³-hybridized carbons (Fsp3) is 0.450. The van der Waals surface area contributed by atoms with Crippen LogP contribution in [0.4, 0.5) is 0 Å². The lowest BCUT2D eigenvalue weighted by molar-refractivity contribution is -0.120. The second-order valence-corrected chi connectivity index (χ2v) is 7.64. The number of carbonyl (C=O) groups is 2. The maximum atomic E-state index is 13.1. The van der Waals surface area contributed by atoms with Crippen molar-refractivity contribution < 1.29 is 9.59 Å². The first-order valence-corrected chi connectivity index (χ1v) is 9.92. The van der Waals surface area contributed by atoms with E-state index in [-0.39, 0.29) is 23.2 Å². The van der Waals surface area contributed by atoms with Crippen molar-refractivity contribution in [3.05, 3.63) is 48.3 Å². The molecule has 0 bridgehead atoms. The Bertz CT molecular complexity index is 824. The third-order valence-electron chi connectivity index (χ3n) is 5.75. The van der Waals surface area contributed by atoms with E-state index in [0.29, 0.717) is 24.6 Å². The van der Waals surface area contributed by atoms with E-state index in [4.69, 9.17) is 11.6 Å². The Morgan fingerprint density at radius 1 is 1.19 bits per heavy atom. The molecule has 6 nitrogen and oxygen atoms in total. The van der Waals surface area contributed by atoms with E-state index >= 15 is 0 Å². The van der Waals surface area contributed by atoms with Gasteiger partial charge in [-0.1, -0.05) is 12.1 Å². The summed E-state index contributed by atoms with van der Waals surface area (Å²) in [7, 11) is 0. The van der Waals surface area contributed by atoms with Gasteiger partial charge in [0, 0.05) is 31.0 Å². The number of nitrogens with one attached hydrogen (secondary N) is 1. The molecule has 1 aliphatic carbocycles. The number of amides is 2. The molecule has 142 valence electrons. The first-order valence-electron chi connectivity index (χ1n) is 9.38. The summed E-state index contributed by atoms with van der Waals surface area (Å²) in [5.41, 5.74) is 1.37. The highest BCUT2D eigenvalue weighted by molar-refractivity contribution is 6.27. The number of likely N-dealkylation sites (tertiary alicyclic amines) is 1. The summed E-state index contributed by atoms with van der Waals surface area (Å²) in [6.07, 6.45) is 7.37. The van der Waals surface area contributed by atoms with E-state index in [0.717, 1.165) is 31.4 Å². The Kier molecular flexibility index (Phi) is 4.91. The molecular weight excluding hydrogens is 364 g/mol. The van der Waals surface area contributed by atoms with Gasteiger partial charge in [-0.25, -0.2) is 4.68 Å². The molecule has 0 atom stereocenters. The molecule has 1 aromatic carbocycles. The summed E-state index contributed by atoms with van der Waals surface area (Å²) < 4.78 is 1.72. The van der Waals surface area contributed by atoms with E-state index in [1.54, 1.807) is 10.9 Å². The highest BCUT2D eigenvalue weighted by atomic mass is 35.5. The number of piperidine rings is 1. The Balaban J connectivity index is 1.44. The van der Waals surface area contributed by atoms with Gasteiger partial charge in [0.25, 0.3) is 5.91 Å². The minimum absolute atomic E-state index is 0.00327. The van der Waals surface area contributed by atoms with Crippen molar-refractivity contribution in [3.63, 3.8) is 0 Å². The number of nitrogens with zero attached hydrogens (tertiary/aromatic N) is 3. The molecule has 27 heavy (non-hydrogen) atoms. The molecule has 4 rings (SSSR count). The summed E-state index contributed by atoms with van der Waals surface area (Å²) in [6, 6.07) is 9.41. The predicted octanol–water partition coefficient (Wildman–Crippen LogP) is 2.61. The van der Waals surface area contributed by atoms with Crippen LogP contribution < -0.4 is 5.32 Å². The van der Waals surface area contributed by atoms with Crippen LogP contribution in [-0.4, -0.2) is 51.0 Å². The average Bonchev–Trinajstić information content (AvgIpc) is 3.28. The molecule has 0 spiro atoms. The third kappa shape index (κ3) is 3.58. The van der Waals surface area contributed by atoms with Gasteiger partial charge in [-0.15, -0.1) is 11.6 Å². The number of hydrogen-bond donors (Lipinski definition) is 1. The largest absolute Gasteiger partial charge is 0.349 e. The molecule has 2 heterocycles. The number of benzene rings is 1. The molecule has 0 radical (unpaired) electrons. The lowest BCUT2D eigenvalue weighted by Gasteiger charge is -2.37. The summed E-state index contributed by atoms with van der Waals surface area (Å²) in [5.74, 6) is 0.355. The van der Waals surface area contributed by atoms with Gasteiger partial charge >= 0.3 is 0 Å². The van der Waals surface area contributed by atoms with Gasteiger partial charge in [-0.3, -0.25) is 9.59 Å². The van der Waals surface area contributed by atoms with Gasteiger partial charge in [0.05, 0.1) is 11.3 Å². The lowest BCUT2D eigenvalue weighted by Crippen LogP contribution is -2.48. The molecule has 0 unspecified atom stereocenters. The van der Waals surface area contributed by atoms with Crippen LogP contribution in [0.5, 0.6) is 0 Å². The Hall–Kier alpha value is -2.34. The van der Waals surface area contributed by atoms with E-state index in [2.05, 4.69) is 10.4 Å². The maximum Gasteiger partial charge on any atom is 0.256 e. The van der Waals surface area contributed by atoms with Gasteiger partial charge in [0.1, 0.15) is 5.88 Å². The first kappa shape index (κ1) is 18.0. The van der Waals surface area contributed by atoms with E-state index in [1.165, 1.54) is 0 Å². The Morgan fingerprint density at radius 3 is 2.56 bits per heavy atom. The smallest absolute Gasteiger partial charge is 0.256 e. The van der Waals surface area contributed by atoms with Crippen LogP contribution in [0.1, 0.15) is 36.0 Å². The van der Waals surface area contributed by atoms with Gasteiger partial charge in [0.15, 0.2) is 0 Å². The molecular formula is C20H23ClN4O2. The minimum Gasteiger partial charge on any atom is -0.349 e. The highest BCUT2D eigenvalue weighted by Crippen LogP contribution is 2.46. The van der Waals surface area contributed by atoms with Crippen molar-refractivity contribution in [1.29, 1.82) is 0 Å². The second kappa shape index (κ2) is 7.35. The Morgan fingerprint density at radius 2 is 1.93 bits per heavy atom. The summed E-state index contributed by atoms with van der Waals surface area (Å²) in [5, 5.41) is 7.36. The van der Waals surface area contributed by atoms with Crippen molar-refractivity contribution in [1.82, 2.24) is 20.0 Å². The molecule has 7 heteroatoms. The zero-order valence-electron chi connectivity index (χ0n) is 15.1. The lowest BCUT2D eigenvalue weighted by atomic mass is 9.87. The zero-order chi connectivity index (χ0) is 18.9. The van der Waals surface area contributed by atoms with Crippen molar-refractivity contribution >= 4 is 23.4 Å². The van der Waals surface area contributed by atoms with Crippen LogP contribution in [0.25, 0.3) is 5.69 Å². The number of rotatable bonds is 5. The third-order valence-corrected chi connectivity index (χ3v) is 5.99. The van der Waals surface area contributed by atoms with E-state index in [1.807, 2.05) is 41.4 Å². The molecule has 1 saturated heterocycles. The van der Waals surface area contributed by atoms with Gasteiger partial charge in [0.2, 0.25) is 5.91 Å². The van der Waals surface area contributed by atoms with Crippen molar-refractivity contribution in [2.45, 2.75) is 31.2 Å². The fourth-order valence-corrected chi connectivity index (χ4v) is 4.22. The van der Waals surface area contributed by atoms with Gasteiger partial charge in [-0.05, 0) is 49.8 Å². The van der Waals surface area contributed by atoms with Crippen LogP contribution in [0.2, 0.25) is 0 Å². The van der Waals surface area contributed by atoms with Crippen LogP contribution in [0.15, 0.2) is 42.7 Å². The zero-order valence-corrected chi connectivity index (χ0v) is 15.9. The SMILES string of the molecule is O=C(CCl)NC1(C2CCN(C(=O)c3ccccc3-n3cccn3)CC2)CC1. The van der Waals surface area contributed by atoms with Crippen molar-refractivity contribution in [3.8, 4) is 5.69 Å². The molecule has 1 aliphatic heterocycles. The quantitative estimate of drug-likeness (QED) is 0.803. The summed E-state index contributed by atoms with van der Waals surface area (Å²) in [6.45, 7) is 1.41. The summed E-state index contributed by atoms with van der Waals surface area (Å²) >= 11 is 5.64. The molecule has 2 aromatic rings. The standard InChI is InChI=1S/C20H23ClN4O2/c21-14-18(26)23-20(8-9-20)15-6-12-24(13-7-15)19(27)16-4-1-2-5-17(16)25-11-3-10-22-25/h1-5,10-11,15H,6-9,12-14H2,(H,23,26). The van der Waals surface area contributed by atoms with Gasteiger partial charge < -0.3 is 10.2 Å². The van der Waals surface area contributed by atoms with Crippen molar-refractivity contribution in [2.75, 3.05) is 19.0 Å². The number of hydrogen-bond acceptors (Lipinski definition) is 3. The topological polar surface area (TPSA) is 67.2 Å². The molecule has 1 N–H and O–H groups in total. The van der Waals surface area contributed by atoms with Crippen LogP contribution >= 0.6 is 11.6 Å². The molecule has 1 aromatic heterocycles. The fourth-order valence-electron chi connectivity index (χ4n) is 4.15. The minimum atomic E-state index is -0.0965. The normalized spacial score (nSPS) is 18.9. The number of halogens is 1. The molecule has 1 saturated carbocycles. The summed E-state index contributed by atoms with van der Waals surface area (Å²) in [4.78, 5) is 26.7. The number of aromatic nitrogens is 2. The van der Waals surface area contributed by atoms with E-state index in [9.17, 15) is 9.59 Å². The van der Waals surface area contributed by atoms with Crippen LogP contribution in [0, 0.1) is 5.92 Å². The van der Waals surface area contributed by atoms with Crippen LogP contribution in [0.3, 0.4) is 0 Å². The monoisotopic (exact) mass is 386 g/mol. The highest BCUT2D eigenvalue weighted by Gasteiger charge is 2.50. The Labute approximate surface area is 163 Å². The average molecular weight is 387 g/mol. The molecule has 2 amide bonds. The predicted molar refractivity (Wildman–Crippen MR) is 103 cm³/mol. The van der Waals surface area contributed by atoms with Crippen molar-refractivity contribution in [2.24, 2.45) is 5.92 Å². The molecule has 2 aliphatic rings. The number of carbonyl (C=O) groups excluding carboxylic acids is 2. The maximum absolute atomic E-state index is 13.1. The number of alkyl halides is 1. The number of para-hydroxylation sites is 1. The molecule has 2 fully saturated rings. The first-order chi connectivity index (χ1) is 13.1. The van der Waals surface area contributed by atoms with Gasteiger partial charge in [-0.2, -0.15) is 5.10 Å². The van der Waals surface area contributed by atoms with E-state index < -0.39 is 0 Å². The second-order valence-electron chi connectivity index (χ2n) is 7.37. The van der Waals surface area contributed by atoms with Crippen LogP contribution in [-0.2, 0) is 4.79 Å².